The van der Waals surface area contributed by atoms with Crippen LogP contribution in [-0.2, 0) is 23.0 Å². The van der Waals surface area contributed by atoms with Crippen molar-refractivity contribution in [1.29, 1.82) is 0 Å². The van der Waals surface area contributed by atoms with Crippen LogP contribution < -0.4 is 4.72 Å². The number of fused-ring (bicyclic) bond motifs is 2. The number of nitrogens with zero attached hydrogens (tertiary/aromatic N) is 4. The van der Waals surface area contributed by atoms with Gasteiger partial charge in [0.25, 0.3) is 4.92 Å². The molecule has 0 unspecified atom stereocenters. The molecule has 2 aromatic carbocycles. The SMILES string of the molecule is O=[N+](O)c1ccc2c(c1)CN(CCCCNS(=O)(=O)c1cccc3nonc13)CC2. The van der Waals surface area contributed by atoms with Crippen molar-refractivity contribution in [2.75, 3.05) is 19.6 Å². The zero-order valence-electron chi connectivity index (χ0n) is 16.2. The number of hydrogen-bond acceptors (Lipinski definition) is 7. The van der Waals surface area contributed by atoms with E-state index in [1.54, 1.807) is 24.3 Å². The third-order valence-electron chi connectivity index (χ3n) is 5.23. The van der Waals surface area contributed by atoms with Crippen LogP contribution in [0.3, 0.4) is 0 Å². The first kappa shape index (κ1) is 20.4. The highest BCUT2D eigenvalue weighted by molar-refractivity contribution is 7.89. The summed E-state index contributed by atoms with van der Waals surface area (Å²) in [5.74, 6) is 0. The summed E-state index contributed by atoms with van der Waals surface area (Å²) in [6.45, 7) is 2.73. The molecule has 2 N–H and O–H groups in total. The number of aromatic nitrogens is 2. The molecule has 10 nitrogen and oxygen atoms in total. The van der Waals surface area contributed by atoms with Crippen molar-refractivity contribution in [3.8, 4) is 0 Å². The van der Waals surface area contributed by atoms with Gasteiger partial charge < -0.3 is 0 Å². The third kappa shape index (κ3) is 4.32. The van der Waals surface area contributed by atoms with Crippen LogP contribution in [0.5, 0.6) is 0 Å². The third-order valence-corrected chi connectivity index (χ3v) is 6.73. The van der Waals surface area contributed by atoms with Crippen LogP contribution >= 0.6 is 0 Å². The molecule has 1 aliphatic heterocycles. The van der Waals surface area contributed by atoms with E-state index in [1.165, 1.54) is 11.6 Å². The highest BCUT2D eigenvalue weighted by Gasteiger charge is 2.21. The number of nitrogens with one attached hydrogen (secondary N) is 1. The van der Waals surface area contributed by atoms with Gasteiger partial charge in [0.15, 0.2) is 5.52 Å². The van der Waals surface area contributed by atoms with E-state index in [0.29, 0.717) is 25.0 Å². The van der Waals surface area contributed by atoms with Crippen LogP contribution in [0, 0.1) is 4.91 Å². The van der Waals surface area contributed by atoms with Crippen LogP contribution in [0.4, 0.5) is 5.69 Å². The first-order valence-corrected chi connectivity index (χ1v) is 11.1. The lowest BCUT2D eigenvalue weighted by Crippen LogP contribution is -2.32. The number of sulfonamides is 1. The maximum atomic E-state index is 12.6. The van der Waals surface area contributed by atoms with Crippen molar-refractivity contribution >= 4 is 26.7 Å². The van der Waals surface area contributed by atoms with Gasteiger partial charge in [0.1, 0.15) is 10.4 Å². The van der Waals surface area contributed by atoms with E-state index in [-0.39, 0.29) is 21.0 Å². The Bertz CT molecular complexity index is 1180. The quantitative estimate of drug-likeness (QED) is 0.409. The normalized spacial score (nSPS) is 14.7. The molecule has 0 saturated carbocycles. The Morgan fingerprint density at radius 2 is 2.03 bits per heavy atom. The second-order valence-electron chi connectivity index (χ2n) is 7.25. The molecule has 1 aliphatic rings. The summed E-state index contributed by atoms with van der Waals surface area (Å²) >= 11 is 0. The van der Waals surface area contributed by atoms with Gasteiger partial charge in [0.05, 0.1) is 4.91 Å². The Hall–Kier alpha value is -2.89. The molecule has 0 aliphatic carbocycles. The molecule has 11 heteroatoms. The fourth-order valence-corrected chi connectivity index (χ4v) is 4.88. The second kappa shape index (κ2) is 8.46. The van der Waals surface area contributed by atoms with Crippen LogP contribution in [0.2, 0.25) is 0 Å². The van der Waals surface area contributed by atoms with E-state index in [4.69, 9.17) is 5.21 Å². The molecule has 0 spiro atoms. The molecule has 30 heavy (non-hydrogen) atoms. The average molecular weight is 432 g/mol. The Morgan fingerprint density at radius 3 is 2.87 bits per heavy atom. The molecule has 4 rings (SSSR count). The van der Waals surface area contributed by atoms with E-state index in [1.807, 2.05) is 6.07 Å². The van der Waals surface area contributed by atoms with Crippen LogP contribution in [0.1, 0.15) is 24.0 Å². The first-order valence-electron chi connectivity index (χ1n) is 9.65. The Labute approximate surface area is 173 Å². The number of benzene rings is 2. The molecule has 0 amide bonds. The molecule has 3 aromatic rings. The number of unbranched alkanes of at least 4 members (excludes halogenated alkanes) is 1. The molecule has 0 saturated heterocycles. The topological polar surface area (TPSA) is 129 Å². The van der Waals surface area contributed by atoms with Crippen molar-refractivity contribution in [2.45, 2.75) is 30.7 Å². The largest absolute Gasteiger partial charge is 0.316 e. The van der Waals surface area contributed by atoms with E-state index >= 15 is 0 Å². The van der Waals surface area contributed by atoms with Crippen molar-refractivity contribution in [3.63, 3.8) is 0 Å². The van der Waals surface area contributed by atoms with Crippen molar-refractivity contribution < 1.29 is 23.2 Å². The maximum absolute atomic E-state index is 12.6. The fraction of sp³-hybridized carbons (Fsp3) is 0.368. The second-order valence-corrected chi connectivity index (χ2v) is 8.98. The minimum atomic E-state index is -3.70. The molecule has 1 aromatic heterocycles. The van der Waals surface area contributed by atoms with E-state index < -0.39 is 10.0 Å². The van der Waals surface area contributed by atoms with E-state index in [2.05, 4.69) is 24.6 Å². The van der Waals surface area contributed by atoms with Crippen LogP contribution in [0.15, 0.2) is 45.9 Å². The molecule has 0 bridgehead atoms. The minimum absolute atomic E-state index is 0.0565. The minimum Gasteiger partial charge on any atom is -0.299 e. The van der Waals surface area contributed by atoms with Gasteiger partial charge in [-0.2, -0.15) is 0 Å². The zero-order chi connectivity index (χ0) is 21.1. The van der Waals surface area contributed by atoms with Crippen molar-refractivity contribution in [1.82, 2.24) is 19.9 Å². The summed E-state index contributed by atoms with van der Waals surface area (Å²) < 4.78 is 32.3. The lowest BCUT2D eigenvalue weighted by atomic mass is 9.99. The molecule has 0 fully saturated rings. The highest BCUT2D eigenvalue weighted by Crippen LogP contribution is 2.24. The first-order chi connectivity index (χ1) is 14.4. The Kier molecular flexibility index (Phi) is 5.75. The van der Waals surface area contributed by atoms with Gasteiger partial charge >= 0.3 is 5.69 Å². The lowest BCUT2D eigenvalue weighted by molar-refractivity contribution is -0.729. The van der Waals surface area contributed by atoms with Gasteiger partial charge in [-0.1, -0.05) is 12.1 Å². The summed E-state index contributed by atoms with van der Waals surface area (Å²) in [6, 6.07) is 9.92. The van der Waals surface area contributed by atoms with Crippen molar-refractivity contribution in [3.05, 3.63) is 52.4 Å². The van der Waals surface area contributed by atoms with E-state index in [9.17, 15) is 13.3 Å². The fourth-order valence-electron chi connectivity index (χ4n) is 3.65. The summed E-state index contributed by atoms with van der Waals surface area (Å²) in [6.07, 6.45) is 2.38. The number of rotatable bonds is 8. The van der Waals surface area contributed by atoms with Crippen molar-refractivity contribution in [2.24, 2.45) is 0 Å². The molecule has 2 heterocycles. The maximum Gasteiger partial charge on any atom is 0.316 e. The molecule has 0 atom stereocenters. The van der Waals surface area contributed by atoms with Gasteiger partial charge in [-0.05, 0) is 59.4 Å². The standard InChI is InChI=1S/C19H22N5O5S/c25-24(26)16-7-6-14-8-11-23(13-15(14)12-16)10-2-1-9-20-30(27,28)18-5-3-4-17-19(18)22-29-21-17/h3-7,12,20H,1-2,8-11,13H2,(H,25,26)/q+1. The number of hydrogen-bond donors (Lipinski definition) is 2. The predicted octanol–water partition coefficient (Wildman–Crippen LogP) is 2.14. The summed E-state index contributed by atoms with van der Waals surface area (Å²) in [5, 5.41) is 16.4. The monoisotopic (exact) mass is 432 g/mol. The molecule has 0 radical (unpaired) electrons. The Morgan fingerprint density at radius 1 is 1.17 bits per heavy atom. The zero-order valence-corrected chi connectivity index (χ0v) is 17.0. The van der Waals surface area contributed by atoms with Gasteiger partial charge in [0.2, 0.25) is 10.0 Å². The molecule has 158 valence electrons. The lowest BCUT2D eigenvalue weighted by Gasteiger charge is -2.28. The van der Waals surface area contributed by atoms with Gasteiger partial charge in [0, 0.05) is 31.8 Å². The highest BCUT2D eigenvalue weighted by atomic mass is 32.2. The van der Waals surface area contributed by atoms with Gasteiger partial charge in [-0.3, -0.25) is 4.90 Å². The average Bonchev–Trinajstić information content (AvgIpc) is 3.21. The summed E-state index contributed by atoms with van der Waals surface area (Å²) in [5.41, 5.74) is 3.05. The Balaban J connectivity index is 1.27. The van der Waals surface area contributed by atoms with Gasteiger partial charge in [-0.15, -0.1) is 0 Å². The predicted molar refractivity (Wildman–Crippen MR) is 107 cm³/mol. The molecular formula is C19H22N5O5S+. The van der Waals surface area contributed by atoms with Gasteiger partial charge in [-0.25, -0.2) is 23.0 Å². The smallest absolute Gasteiger partial charge is 0.299 e. The van der Waals surface area contributed by atoms with Crippen LogP contribution in [0.25, 0.3) is 11.0 Å². The molecular weight excluding hydrogens is 410 g/mol. The summed E-state index contributed by atoms with van der Waals surface area (Å²) in [7, 11) is -3.70. The van der Waals surface area contributed by atoms with E-state index in [0.717, 1.165) is 31.5 Å². The van der Waals surface area contributed by atoms with Crippen LogP contribution in [-0.4, -0.2) is 53.4 Å². The summed E-state index contributed by atoms with van der Waals surface area (Å²) in [4.78, 5) is 13.3.